The predicted molar refractivity (Wildman–Crippen MR) is 120 cm³/mol. The molecular formula is C21H23N5O3S2. The number of tetrazole rings is 1. The van der Waals surface area contributed by atoms with Crippen LogP contribution in [0.2, 0.25) is 0 Å². The third-order valence-electron chi connectivity index (χ3n) is 4.96. The monoisotopic (exact) mass is 457 g/mol. The minimum atomic E-state index is -0.367. The molecule has 0 atom stereocenters. The molecule has 2 heterocycles. The second kappa shape index (κ2) is 9.61. The Morgan fingerprint density at radius 1 is 1.23 bits per heavy atom. The number of amides is 1. The van der Waals surface area contributed by atoms with Gasteiger partial charge in [-0.1, -0.05) is 29.5 Å². The minimum absolute atomic E-state index is 0.122. The van der Waals surface area contributed by atoms with Gasteiger partial charge in [-0.15, -0.1) is 16.4 Å². The largest absolute Gasteiger partial charge is 0.462 e. The van der Waals surface area contributed by atoms with Gasteiger partial charge in [-0.3, -0.25) is 4.79 Å². The number of carbonyl (C=O) groups is 2. The summed E-state index contributed by atoms with van der Waals surface area (Å²) in [5.74, 6) is -0.461. The van der Waals surface area contributed by atoms with Crippen molar-refractivity contribution in [2.24, 2.45) is 0 Å². The van der Waals surface area contributed by atoms with Crippen LogP contribution in [-0.4, -0.2) is 44.4 Å². The molecule has 0 radical (unpaired) electrons. The van der Waals surface area contributed by atoms with Crippen molar-refractivity contribution in [1.82, 2.24) is 20.2 Å². The first-order valence-electron chi connectivity index (χ1n) is 10.2. The van der Waals surface area contributed by atoms with Crippen LogP contribution >= 0.6 is 23.1 Å². The number of rotatable bonds is 7. The van der Waals surface area contributed by atoms with Crippen molar-refractivity contribution in [3.63, 3.8) is 0 Å². The smallest absolute Gasteiger partial charge is 0.341 e. The Labute approximate surface area is 188 Å². The summed E-state index contributed by atoms with van der Waals surface area (Å²) >= 11 is 2.72. The highest BCUT2D eigenvalue weighted by molar-refractivity contribution is 7.99. The van der Waals surface area contributed by atoms with Gasteiger partial charge in [0.25, 0.3) is 0 Å². The van der Waals surface area contributed by atoms with Crippen LogP contribution in [0.3, 0.4) is 0 Å². The molecule has 4 rings (SSSR count). The van der Waals surface area contributed by atoms with E-state index < -0.39 is 0 Å². The molecule has 1 aliphatic carbocycles. The third kappa shape index (κ3) is 4.80. The molecule has 162 valence electrons. The van der Waals surface area contributed by atoms with E-state index in [1.165, 1.54) is 28.0 Å². The van der Waals surface area contributed by atoms with E-state index in [1.54, 1.807) is 11.6 Å². The van der Waals surface area contributed by atoms with Gasteiger partial charge in [-0.25, -0.2) is 4.79 Å². The Bertz CT molecular complexity index is 1090. The summed E-state index contributed by atoms with van der Waals surface area (Å²) in [6.07, 6.45) is 3.92. The van der Waals surface area contributed by atoms with Gasteiger partial charge in [0.2, 0.25) is 11.1 Å². The molecule has 10 heteroatoms. The Morgan fingerprint density at radius 2 is 2.00 bits per heavy atom. The standard InChI is InChI=1S/C21H23N5O3S2/c1-3-29-20(28)18-15-6-4-5-7-16(15)31-19(18)22-17(27)12-30-21-23-24-25-26(21)14-10-8-13(2)9-11-14/h8-11H,3-7,12H2,1-2H3,(H,22,27). The number of carbonyl (C=O) groups excluding carboxylic acids is 2. The van der Waals surface area contributed by atoms with Gasteiger partial charge in [-0.05, 0) is 67.7 Å². The molecule has 1 aromatic carbocycles. The summed E-state index contributed by atoms with van der Waals surface area (Å²) in [5.41, 5.74) is 3.51. The van der Waals surface area contributed by atoms with E-state index in [4.69, 9.17) is 4.74 Å². The summed E-state index contributed by atoms with van der Waals surface area (Å²) in [5, 5.41) is 15.8. The van der Waals surface area contributed by atoms with Gasteiger partial charge in [-0.2, -0.15) is 4.68 Å². The maximum Gasteiger partial charge on any atom is 0.341 e. The Kier molecular flexibility index (Phi) is 6.67. The maximum absolute atomic E-state index is 12.7. The van der Waals surface area contributed by atoms with Crippen molar-refractivity contribution >= 4 is 40.0 Å². The van der Waals surface area contributed by atoms with Gasteiger partial charge in [0.05, 0.1) is 23.6 Å². The van der Waals surface area contributed by atoms with Crippen molar-refractivity contribution in [2.45, 2.75) is 44.7 Å². The van der Waals surface area contributed by atoms with E-state index in [2.05, 4.69) is 20.8 Å². The number of thiophene rings is 1. The van der Waals surface area contributed by atoms with Crippen molar-refractivity contribution in [3.05, 3.63) is 45.8 Å². The third-order valence-corrected chi connectivity index (χ3v) is 7.08. The normalized spacial score (nSPS) is 13.0. The zero-order valence-corrected chi connectivity index (χ0v) is 19.0. The topological polar surface area (TPSA) is 99.0 Å². The van der Waals surface area contributed by atoms with Crippen LogP contribution in [0.25, 0.3) is 5.69 Å². The van der Waals surface area contributed by atoms with Crippen LogP contribution < -0.4 is 5.32 Å². The van der Waals surface area contributed by atoms with E-state index >= 15 is 0 Å². The molecule has 0 aliphatic heterocycles. The number of nitrogens with one attached hydrogen (secondary N) is 1. The van der Waals surface area contributed by atoms with Crippen molar-refractivity contribution in [2.75, 3.05) is 17.7 Å². The molecule has 1 N–H and O–H groups in total. The SMILES string of the molecule is CCOC(=O)c1c(NC(=O)CSc2nnnn2-c2ccc(C)cc2)sc2c1CCCC2. The average molecular weight is 458 g/mol. The van der Waals surface area contributed by atoms with Gasteiger partial charge >= 0.3 is 5.97 Å². The number of ether oxygens (including phenoxy) is 1. The van der Waals surface area contributed by atoms with E-state index in [1.807, 2.05) is 31.2 Å². The molecule has 0 bridgehead atoms. The molecule has 0 fully saturated rings. The van der Waals surface area contributed by atoms with Crippen LogP contribution in [0.1, 0.15) is 46.1 Å². The molecule has 0 saturated carbocycles. The Hall–Kier alpha value is -2.72. The highest BCUT2D eigenvalue weighted by Crippen LogP contribution is 2.38. The lowest BCUT2D eigenvalue weighted by Crippen LogP contribution is -2.17. The fraction of sp³-hybridized carbons (Fsp3) is 0.381. The number of benzene rings is 1. The molecule has 8 nitrogen and oxygen atoms in total. The number of fused-ring (bicyclic) bond motifs is 1. The first-order valence-corrected chi connectivity index (χ1v) is 12.0. The van der Waals surface area contributed by atoms with Crippen LogP contribution in [0.5, 0.6) is 0 Å². The molecule has 0 saturated heterocycles. The molecule has 3 aromatic rings. The first kappa shape index (κ1) is 21.5. The lowest BCUT2D eigenvalue weighted by atomic mass is 9.95. The minimum Gasteiger partial charge on any atom is -0.462 e. The molecule has 0 unspecified atom stereocenters. The second-order valence-electron chi connectivity index (χ2n) is 7.18. The van der Waals surface area contributed by atoms with Crippen molar-refractivity contribution in [1.29, 1.82) is 0 Å². The Balaban J connectivity index is 1.47. The van der Waals surface area contributed by atoms with Crippen LogP contribution in [0.4, 0.5) is 5.00 Å². The zero-order valence-electron chi connectivity index (χ0n) is 17.4. The first-order chi connectivity index (χ1) is 15.1. The zero-order chi connectivity index (χ0) is 21.8. The molecule has 31 heavy (non-hydrogen) atoms. The summed E-state index contributed by atoms with van der Waals surface area (Å²) in [6, 6.07) is 7.82. The number of thioether (sulfide) groups is 1. The number of anilines is 1. The predicted octanol–water partition coefficient (Wildman–Crippen LogP) is 3.82. The average Bonchev–Trinajstić information content (AvgIpc) is 3.37. The fourth-order valence-corrected chi connectivity index (χ4v) is 5.47. The molecule has 1 aliphatic rings. The number of aryl methyl sites for hydroxylation is 2. The van der Waals surface area contributed by atoms with E-state index in [0.717, 1.165) is 42.5 Å². The summed E-state index contributed by atoms with van der Waals surface area (Å²) in [6.45, 7) is 4.09. The summed E-state index contributed by atoms with van der Waals surface area (Å²) in [7, 11) is 0. The van der Waals surface area contributed by atoms with Crippen LogP contribution in [0.15, 0.2) is 29.4 Å². The molecular weight excluding hydrogens is 434 g/mol. The molecule has 0 spiro atoms. The van der Waals surface area contributed by atoms with E-state index in [9.17, 15) is 9.59 Å². The number of hydrogen-bond acceptors (Lipinski definition) is 8. The van der Waals surface area contributed by atoms with Gasteiger partial charge in [0.15, 0.2) is 0 Å². The summed E-state index contributed by atoms with van der Waals surface area (Å²) in [4.78, 5) is 26.4. The van der Waals surface area contributed by atoms with Crippen molar-refractivity contribution < 1.29 is 14.3 Å². The number of hydrogen-bond donors (Lipinski definition) is 1. The molecule has 1 amide bonds. The van der Waals surface area contributed by atoms with Crippen molar-refractivity contribution in [3.8, 4) is 5.69 Å². The number of aromatic nitrogens is 4. The second-order valence-corrected chi connectivity index (χ2v) is 9.23. The van der Waals surface area contributed by atoms with Crippen LogP contribution in [0, 0.1) is 6.92 Å². The fourth-order valence-electron chi connectivity index (χ4n) is 3.48. The number of esters is 1. The van der Waals surface area contributed by atoms with E-state index in [0.29, 0.717) is 22.3 Å². The quantitative estimate of drug-likeness (QED) is 0.425. The highest BCUT2D eigenvalue weighted by atomic mass is 32.2. The molecule has 2 aromatic heterocycles. The van der Waals surface area contributed by atoms with Gasteiger partial charge in [0.1, 0.15) is 5.00 Å². The maximum atomic E-state index is 12.7. The lowest BCUT2D eigenvalue weighted by molar-refractivity contribution is -0.113. The van der Waals surface area contributed by atoms with E-state index in [-0.39, 0.29) is 17.6 Å². The number of nitrogens with zero attached hydrogens (tertiary/aromatic N) is 4. The Morgan fingerprint density at radius 3 is 2.77 bits per heavy atom. The van der Waals surface area contributed by atoms with Crippen LogP contribution in [-0.2, 0) is 22.4 Å². The summed E-state index contributed by atoms with van der Waals surface area (Å²) < 4.78 is 6.85. The lowest BCUT2D eigenvalue weighted by Gasteiger charge is -2.12. The highest BCUT2D eigenvalue weighted by Gasteiger charge is 2.27. The van der Waals surface area contributed by atoms with Gasteiger partial charge in [0, 0.05) is 4.88 Å². The van der Waals surface area contributed by atoms with Gasteiger partial charge < -0.3 is 10.1 Å².